The molecule has 0 radical (unpaired) electrons. The lowest BCUT2D eigenvalue weighted by atomic mass is 9.45. The highest BCUT2D eigenvalue weighted by molar-refractivity contribution is 6.26. The molecule has 0 heterocycles. The third-order valence-corrected chi connectivity index (χ3v) is 10.7. The van der Waals surface area contributed by atoms with Gasteiger partial charge in [0.25, 0.3) is 0 Å². The van der Waals surface area contributed by atoms with Crippen molar-refractivity contribution in [2.24, 2.45) is 28.6 Å². The zero-order valence-electron chi connectivity index (χ0n) is 21.4. The summed E-state index contributed by atoms with van der Waals surface area (Å²) in [4.78, 5) is 41.8. The van der Waals surface area contributed by atoms with Crippen LogP contribution in [0, 0.1) is 28.6 Å². The van der Waals surface area contributed by atoms with Crippen LogP contribution in [0.4, 0.5) is 0 Å². The molecule has 0 spiro atoms. The van der Waals surface area contributed by atoms with Crippen LogP contribution in [0.3, 0.4) is 0 Å². The fourth-order valence-electron chi connectivity index (χ4n) is 8.11. The van der Waals surface area contributed by atoms with Crippen LogP contribution in [0.5, 0.6) is 0 Å². The number of halogens is 1. The predicted octanol–water partition coefficient (Wildman–Crippen LogP) is 2.51. The number of allylic oxidation sites excluding steroid dienone is 4. The second-order valence-electron chi connectivity index (χ2n) is 11.4. The van der Waals surface area contributed by atoms with Gasteiger partial charge in [-0.25, -0.2) is 0 Å². The molecule has 0 aromatic heterocycles. The number of aliphatic hydroxyl groups excluding tert-OH is 2. The van der Waals surface area contributed by atoms with Gasteiger partial charge in [0.05, 0.1) is 23.0 Å². The molecule has 2 unspecified atom stereocenters. The molecule has 10 nitrogen and oxygen atoms in total. The first-order valence-electron chi connectivity index (χ1n) is 12.8. The van der Waals surface area contributed by atoms with Gasteiger partial charge in [-0.2, -0.15) is 0 Å². The minimum atomic E-state index is -1.67. The van der Waals surface area contributed by atoms with Gasteiger partial charge in [-0.3, -0.25) is 29.6 Å². The second kappa shape index (κ2) is 9.82. The SMILES string of the molecule is C[C@H]1CC2C3CCC4=CC(=O)C=C[C@]4(C)[C@@]3(Cl)[C@@H](O)C[C@]2(C)[C@@]1(OC(=O)CCCON(O)O)C(=O)CO. The number of hydrogen-bond acceptors (Lipinski definition) is 10. The Balaban J connectivity index is 1.69. The van der Waals surface area contributed by atoms with Gasteiger partial charge in [-0.1, -0.05) is 32.4 Å². The van der Waals surface area contributed by atoms with Gasteiger partial charge >= 0.3 is 5.97 Å². The number of rotatable bonds is 8. The molecule has 0 saturated heterocycles. The number of ketones is 2. The largest absolute Gasteiger partial charge is 0.450 e. The third-order valence-electron chi connectivity index (χ3n) is 9.75. The van der Waals surface area contributed by atoms with Gasteiger partial charge in [-0.05, 0) is 56.1 Å². The minimum Gasteiger partial charge on any atom is -0.450 e. The lowest BCUT2D eigenvalue weighted by Crippen LogP contribution is -2.69. The van der Waals surface area contributed by atoms with E-state index >= 15 is 0 Å². The highest BCUT2D eigenvalue weighted by Crippen LogP contribution is 2.72. The Morgan fingerprint density at radius 2 is 1.95 bits per heavy atom. The van der Waals surface area contributed by atoms with Crippen molar-refractivity contribution in [1.29, 1.82) is 0 Å². The van der Waals surface area contributed by atoms with Crippen LogP contribution in [0.15, 0.2) is 23.8 Å². The molecule has 11 heteroatoms. The van der Waals surface area contributed by atoms with Gasteiger partial charge in [0.2, 0.25) is 5.78 Å². The molecule has 8 atom stereocenters. The highest BCUT2D eigenvalue weighted by atomic mass is 35.5. The van der Waals surface area contributed by atoms with E-state index < -0.39 is 57.1 Å². The van der Waals surface area contributed by atoms with Gasteiger partial charge in [0.15, 0.2) is 11.4 Å². The van der Waals surface area contributed by atoms with Crippen molar-refractivity contribution in [3.05, 3.63) is 23.8 Å². The number of carbonyl (C=O) groups excluding carboxylic acids is 3. The lowest BCUT2D eigenvalue weighted by molar-refractivity contribution is -0.492. The van der Waals surface area contributed by atoms with E-state index in [-0.39, 0.29) is 43.5 Å². The van der Waals surface area contributed by atoms with Crippen LogP contribution < -0.4 is 0 Å². The first-order chi connectivity index (χ1) is 17.3. The van der Waals surface area contributed by atoms with Crippen molar-refractivity contribution in [3.63, 3.8) is 0 Å². The Labute approximate surface area is 220 Å². The Hall–Kier alpha value is -1.66. The van der Waals surface area contributed by atoms with Gasteiger partial charge in [-0.15, -0.1) is 11.6 Å². The Bertz CT molecular complexity index is 1030. The average molecular weight is 542 g/mol. The fraction of sp³-hybridized carbons (Fsp3) is 0.731. The summed E-state index contributed by atoms with van der Waals surface area (Å²) in [5.74, 6) is -2.30. The van der Waals surface area contributed by atoms with Crippen molar-refractivity contribution >= 4 is 29.1 Å². The molecule has 0 amide bonds. The van der Waals surface area contributed by atoms with Crippen molar-refractivity contribution in [3.8, 4) is 0 Å². The zero-order chi connectivity index (χ0) is 27.4. The van der Waals surface area contributed by atoms with E-state index in [9.17, 15) is 24.6 Å². The number of alkyl halides is 1. The molecular weight excluding hydrogens is 506 g/mol. The van der Waals surface area contributed by atoms with Crippen LogP contribution in [-0.2, 0) is 24.0 Å². The molecule has 4 aliphatic rings. The molecule has 4 rings (SSSR count). The van der Waals surface area contributed by atoms with Crippen molar-refractivity contribution < 1.29 is 44.6 Å². The van der Waals surface area contributed by atoms with Crippen molar-refractivity contribution in [2.45, 2.75) is 75.9 Å². The average Bonchev–Trinajstić information content (AvgIpc) is 3.04. The number of ether oxygens (including phenoxy) is 1. The van der Waals surface area contributed by atoms with E-state index in [0.29, 0.717) is 19.3 Å². The molecule has 0 bridgehead atoms. The standard InChI is InChI=1S/C26H36ClNO9/c1-15-11-19-18-7-6-16-12-17(30)8-9-23(16,2)25(18,27)20(31)13-24(19,3)26(15,21(32)14-29)37-22(33)5-4-10-36-28(34)35/h8-9,12,15,18-20,29,31,34-35H,4-7,10-11,13-14H2,1-3H3/t15-,18?,19?,20-,23-,24-,25-,26-/m0/s1. The van der Waals surface area contributed by atoms with Crippen LogP contribution in [0.25, 0.3) is 0 Å². The van der Waals surface area contributed by atoms with E-state index in [2.05, 4.69) is 4.84 Å². The summed E-state index contributed by atoms with van der Waals surface area (Å²) < 4.78 is 5.98. The van der Waals surface area contributed by atoms with Crippen LogP contribution >= 0.6 is 11.6 Å². The monoisotopic (exact) mass is 541 g/mol. The van der Waals surface area contributed by atoms with Gasteiger partial charge in [0.1, 0.15) is 6.61 Å². The van der Waals surface area contributed by atoms with E-state index in [0.717, 1.165) is 5.57 Å². The highest BCUT2D eigenvalue weighted by Gasteiger charge is 2.76. The number of aliphatic hydroxyl groups is 2. The first-order valence-corrected chi connectivity index (χ1v) is 13.1. The molecule has 0 aromatic rings. The van der Waals surface area contributed by atoms with E-state index in [1.54, 1.807) is 12.2 Å². The number of nitrogens with zero attached hydrogens (tertiary/aromatic N) is 1. The van der Waals surface area contributed by atoms with Gasteiger partial charge < -0.3 is 14.9 Å². The second-order valence-corrected chi connectivity index (χ2v) is 12.0. The summed E-state index contributed by atoms with van der Waals surface area (Å²) in [6.07, 6.45) is 5.54. The summed E-state index contributed by atoms with van der Waals surface area (Å²) in [5.41, 5.74) is -2.54. The number of fused-ring (bicyclic) bond motifs is 5. The van der Waals surface area contributed by atoms with Crippen LogP contribution in [-0.4, -0.2) is 73.3 Å². The minimum absolute atomic E-state index is 0.0682. The smallest absolute Gasteiger partial charge is 0.306 e. The number of hydrogen-bond donors (Lipinski definition) is 4. The normalized spacial score (nSPS) is 42.6. The first kappa shape index (κ1) is 28.4. The molecule has 3 saturated carbocycles. The van der Waals surface area contributed by atoms with Crippen LogP contribution in [0.1, 0.15) is 59.3 Å². The maximum Gasteiger partial charge on any atom is 0.306 e. The zero-order valence-corrected chi connectivity index (χ0v) is 22.1. The maximum absolute atomic E-state index is 13.4. The maximum atomic E-state index is 13.4. The Morgan fingerprint density at radius 1 is 1.24 bits per heavy atom. The summed E-state index contributed by atoms with van der Waals surface area (Å²) in [7, 11) is 0. The summed E-state index contributed by atoms with van der Waals surface area (Å²) in [5, 5.41) is 38.6. The molecule has 206 valence electrons. The molecule has 0 aliphatic heterocycles. The fourth-order valence-corrected chi connectivity index (χ4v) is 8.63. The third kappa shape index (κ3) is 4.04. The predicted molar refractivity (Wildman–Crippen MR) is 129 cm³/mol. The molecule has 0 aromatic carbocycles. The van der Waals surface area contributed by atoms with Gasteiger partial charge in [0, 0.05) is 23.2 Å². The molecule has 3 fully saturated rings. The number of Topliss-reactive ketones (excluding diaryl/α,β-unsaturated/α-hetero) is 1. The summed E-state index contributed by atoms with van der Waals surface area (Å²) in [6.45, 7) is 4.61. The number of carbonyl (C=O) groups is 3. The van der Waals surface area contributed by atoms with Crippen molar-refractivity contribution in [2.75, 3.05) is 13.2 Å². The van der Waals surface area contributed by atoms with E-state index in [1.165, 1.54) is 6.08 Å². The van der Waals surface area contributed by atoms with Crippen molar-refractivity contribution in [1.82, 2.24) is 5.39 Å². The molecule has 4 aliphatic carbocycles. The summed E-state index contributed by atoms with van der Waals surface area (Å²) >= 11 is 7.43. The molecular formula is C26H36ClNO9. The molecule has 4 N–H and O–H groups in total. The van der Waals surface area contributed by atoms with E-state index in [4.69, 9.17) is 26.8 Å². The van der Waals surface area contributed by atoms with E-state index in [1.807, 2.05) is 20.8 Å². The quantitative estimate of drug-likeness (QED) is 0.156. The number of esters is 1. The Morgan fingerprint density at radius 3 is 2.59 bits per heavy atom. The summed E-state index contributed by atoms with van der Waals surface area (Å²) in [6, 6.07) is 0. The topological polar surface area (TPSA) is 154 Å². The Kier molecular flexibility index (Phi) is 7.53. The molecule has 37 heavy (non-hydrogen) atoms. The lowest BCUT2D eigenvalue weighted by Gasteiger charge is -2.64. The van der Waals surface area contributed by atoms with Crippen LogP contribution in [0.2, 0.25) is 0 Å².